The Morgan fingerprint density at radius 2 is 2.12 bits per heavy atom. The second kappa shape index (κ2) is 5.41. The number of methoxy groups -OCH3 is 1. The number of nitrogens with two attached hydrogens (primary N) is 1. The number of nitrogens with zero attached hydrogens (tertiary/aromatic N) is 1. The average Bonchev–Trinajstić information content (AvgIpc) is 2.17. The summed E-state index contributed by atoms with van der Waals surface area (Å²) in [6, 6.07) is 3.97. The fourth-order valence-corrected chi connectivity index (χ4v) is 2.07. The molecule has 3 heteroatoms. The Bertz CT molecular complexity index is 305. The summed E-state index contributed by atoms with van der Waals surface area (Å²) in [5.41, 5.74) is 7.40. The van der Waals surface area contributed by atoms with Crippen LogP contribution in [0.15, 0.2) is 24.5 Å². The number of aromatic nitrogens is 1. The van der Waals surface area contributed by atoms with E-state index in [1.54, 1.807) is 13.3 Å². The van der Waals surface area contributed by atoms with Crippen LogP contribution in [0.4, 0.5) is 0 Å². The van der Waals surface area contributed by atoms with Crippen LogP contribution in [0.5, 0.6) is 0 Å². The maximum absolute atomic E-state index is 6.19. The summed E-state index contributed by atoms with van der Waals surface area (Å²) >= 11 is 0. The van der Waals surface area contributed by atoms with Gasteiger partial charge in [-0.25, -0.2) is 0 Å². The minimum Gasteiger partial charge on any atom is -0.379 e. The highest BCUT2D eigenvalue weighted by Crippen LogP contribution is 2.25. The molecular formula is C13H22N2O. The van der Waals surface area contributed by atoms with Crippen LogP contribution >= 0.6 is 0 Å². The molecule has 0 amide bonds. The molecule has 0 bridgehead atoms. The fraction of sp³-hybridized carbons (Fsp3) is 0.615. The highest BCUT2D eigenvalue weighted by molar-refractivity contribution is 5.11. The highest BCUT2D eigenvalue weighted by atomic mass is 16.5. The maximum atomic E-state index is 6.19. The molecule has 1 rings (SSSR count). The Hall–Kier alpha value is -0.930. The average molecular weight is 222 g/mol. The molecule has 0 saturated carbocycles. The second-order valence-corrected chi connectivity index (χ2v) is 5.25. The van der Waals surface area contributed by atoms with E-state index in [4.69, 9.17) is 10.5 Å². The van der Waals surface area contributed by atoms with Crippen molar-refractivity contribution < 1.29 is 4.74 Å². The molecular weight excluding hydrogens is 200 g/mol. The minimum absolute atomic E-state index is 0.00537. The van der Waals surface area contributed by atoms with Crippen molar-refractivity contribution in [2.45, 2.75) is 39.3 Å². The van der Waals surface area contributed by atoms with Gasteiger partial charge in [0, 0.05) is 25.5 Å². The van der Waals surface area contributed by atoms with E-state index in [0.29, 0.717) is 0 Å². The minimum atomic E-state index is -0.00537. The van der Waals surface area contributed by atoms with Crippen molar-refractivity contribution >= 4 is 0 Å². The Morgan fingerprint density at radius 1 is 1.44 bits per heavy atom. The van der Waals surface area contributed by atoms with Gasteiger partial charge >= 0.3 is 0 Å². The lowest BCUT2D eigenvalue weighted by Crippen LogP contribution is -2.46. The summed E-state index contributed by atoms with van der Waals surface area (Å²) in [6.07, 6.45) is 4.47. The molecule has 0 aliphatic carbocycles. The van der Waals surface area contributed by atoms with Gasteiger partial charge in [0.1, 0.15) is 0 Å². The number of ether oxygens (including phenoxy) is 1. The zero-order chi connectivity index (χ0) is 12.2. The van der Waals surface area contributed by atoms with Crippen molar-refractivity contribution in [2.24, 2.45) is 11.1 Å². The van der Waals surface area contributed by atoms with Crippen LogP contribution < -0.4 is 5.73 Å². The zero-order valence-corrected chi connectivity index (χ0v) is 10.6. The number of rotatable bonds is 4. The number of pyridine rings is 1. The van der Waals surface area contributed by atoms with Crippen molar-refractivity contribution in [3.05, 3.63) is 30.1 Å². The first-order valence-corrected chi connectivity index (χ1v) is 5.62. The lowest BCUT2D eigenvalue weighted by molar-refractivity contribution is -0.00166. The molecule has 2 atom stereocenters. The van der Waals surface area contributed by atoms with E-state index < -0.39 is 0 Å². The lowest BCUT2D eigenvalue weighted by Gasteiger charge is -2.34. The molecule has 16 heavy (non-hydrogen) atoms. The Morgan fingerprint density at radius 3 is 2.56 bits per heavy atom. The summed E-state index contributed by atoms with van der Waals surface area (Å²) in [4.78, 5) is 4.09. The van der Waals surface area contributed by atoms with Gasteiger partial charge in [0.15, 0.2) is 0 Å². The van der Waals surface area contributed by atoms with E-state index in [9.17, 15) is 0 Å². The molecule has 1 aromatic rings. The molecule has 1 aromatic heterocycles. The van der Waals surface area contributed by atoms with E-state index in [1.165, 1.54) is 0 Å². The smallest absolute Gasteiger partial charge is 0.0773 e. The third kappa shape index (κ3) is 3.58. The van der Waals surface area contributed by atoms with Crippen molar-refractivity contribution in [2.75, 3.05) is 7.11 Å². The van der Waals surface area contributed by atoms with Crippen LogP contribution in [0.2, 0.25) is 0 Å². The van der Waals surface area contributed by atoms with E-state index in [-0.39, 0.29) is 17.6 Å². The molecule has 0 radical (unpaired) electrons. The molecule has 0 saturated heterocycles. The second-order valence-electron chi connectivity index (χ2n) is 5.25. The molecule has 3 nitrogen and oxygen atoms in total. The molecule has 2 unspecified atom stereocenters. The van der Waals surface area contributed by atoms with Crippen LogP contribution in [-0.2, 0) is 11.2 Å². The molecule has 2 N–H and O–H groups in total. The quantitative estimate of drug-likeness (QED) is 0.847. The zero-order valence-electron chi connectivity index (χ0n) is 10.6. The third-order valence-electron chi connectivity index (χ3n) is 2.69. The Balaban J connectivity index is 2.67. The van der Waals surface area contributed by atoms with Crippen LogP contribution in [0.3, 0.4) is 0 Å². The van der Waals surface area contributed by atoms with Gasteiger partial charge in [-0.3, -0.25) is 4.98 Å². The van der Waals surface area contributed by atoms with Crippen molar-refractivity contribution in [3.8, 4) is 0 Å². The van der Waals surface area contributed by atoms with Gasteiger partial charge in [0.25, 0.3) is 0 Å². The maximum Gasteiger partial charge on any atom is 0.0773 e. The van der Waals surface area contributed by atoms with Gasteiger partial charge in [-0.15, -0.1) is 0 Å². The number of hydrogen-bond donors (Lipinski definition) is 1. The van der Waals surface area contributed by atoms with E-state index >= 15 is 0 Å². The van der Waals surface area contributed by atoms with Crippen LogP contribution in [0, 0.1) is 5.41 Å². The SMILES string of the molecule is COC(C(N)Cc1cccnc1)C(C)(C)C. The van der Waals surface area contributed by atoms with Gasteiger partial charge in [0.2, 0.25) is 0 Å². The molecule has 0 spiro atoms. The monoisotopic (exact) mass is 222 g/mol. The Labute approximate surface area is 98.0 Å². The number of hydrogen-bond acceptors (Lipinski definition) is 3. The van der Waals surface area contributed by atoms with Gasteiger partial charge in [-0.1, -0.05) is 26.8 Å². The van der Waals surface area contributed by atoms with Crippen LogP contribution in [0.25, 0.3) is 0 Å². The molecule has 0 aliphatic heterocycles. The first-order chi connectivity index (χ1) is 7.45. The summed E-state index contributed by atoms with van der Waals surface area (Å²) in [5, 5.41) is 0. The predicted octanol–water partition coefficient (Wildman–Crippen LogP) is 2.01. The molecule has 0 aromatic carbocycles. The van der Waals surface area contributed by atoms with E-state index in [1.807, 2.05) is 18.3 Å². The highest BCUT2D eigenvalue weighted by Gasteiger charge is 2.30. The van der Waals surface area contributed by atoms with Gasteiger partial charge in [0.05, 0.1) is 6.10 Å². The normalized spacial score (nSPS) is 15.8. The van der Waals surface area contributed by atoms with Crippen LogP contribution in [-0.4, -0.2) is 24.2 Å². The first-order valence-electron chi connectivity index (χ1n) is 5.62. The summed E-state index contributed by atoms with van der Waals surface area (Å²) in [7, 11) is 1.72. The van der Waals surface area contributed by atoms with Gasteiger partial charge in [-0.2, -0.15) is 0 Å². The molecule has 0 aliphatic rings. The topological polar surface area (TPSA) is 48.1 Å². The molecule has 0 fully saturated rings. The predicted molar refractivity (Wildman–Crippen MR) is 66.2 cm³/mol. The van der Waals surface area contributed by atoms with E-state index in [0.717, 1.165) is 12.0 Å². The largest absolute Gasteiger partial charge is 0.379 e. The van der Waals surface area contributed by atoms with Crippen molar-refractivity contribution in [3.63, 3.8) is 0 Å². The van der Waals surface area contributed by atoms with Crippen molar-refractivity contribution in [1.82, 2.24) is 4.98 Å². The Kier molecular flexibility index (Phi) is 4.44. The molecule has 90 valence electrons. The van der Waals surface area contributed by atoms with Gasteiger partial charge in [-0.05, 0) is 23.5 Å². The first kappa shape index (κ1) is 13.1. The summed E-state index contributed by atoms with van der Waals surface area (Å²) in [5.74, 6) is 0. The van der Waals surface area contributed by atoms with E-state index in [2.05, 4.69) is 25.8 Å². The fourth-order valence-electron chi connectivity index (χ4n) is 2.07. The lowest BCUT2D eigenvalue weighted by atomic mass is 9.83. The van der Waals surface area contributed by atoms with Crippen molar-refractivity contribution in [1.29, 1.82) is 0 Å². The standard InChI is InChI=1S/C13H22N2O/c1-13(2,3)12(16-4)11(14)8-10-6-5-7-15-9-10/h5-7,9,11-12H,8,14H2,1-4H3. The summed E-state index contributed by atoms with van der Waals surface area (Å²) in [6.45, 7) is 6.43. The van der Waals surface area contributed by atoms with Gasteiger partial charge < -0.3 is 10.5 Å². The summed E-state index contributed by atoms with van der Waals surface area (Å²) < 4.78 is 5.50. The van der Waals surface area contributed by atoms with Crippen LogP contribution in [0.1, 0.15) is 26.3 Å². The molecule has 1 heterocycles. The third-order valence-corrected chi connectivity index (χ3v) is 2.69.